The van der Waals surface area contributed by atoms with Gasteiger partial charge in [0.15, 0.2) is 23.3 Å². The van der Waals surface area contributed by atoms with Crippen LogP contribution in [0.5, 0.6) is 5.75 Å². The van der Waals surface area contributed by atoms with Gasteiger partial charge in [-0.1, -0.05) is 0 Å². The van der Waals surface area contributed by atoms with Crippen LogP contribution in [0.3, 0.4) is 0 Å². The topological polar surface area (TPSA) is 36.9 Å². The van der Waals surface area contributed by atoms with Crippen molar-refractivity contribution in [3.05, 3.63) is 58.4 Å². The number of ether oxygens (including phenoxy) is 1. The predicted octanol–water partition coefficient (Wildman–Crippen LogP) is 4.82. The van der Waals surface area contributed by atoms with Crippen molar-refractivity contribution < 1.29 is 26.7 Å². The van der Waals surface area contributed by atoms with Gasteiger partial charge in [-0.2, -0.15) is 5.10 Å². The monoisotopic (exact) mass is 413 g/mol. The number of nitrogens with one attached hydrogen (secondary N) is 1. The number of hydrogen-bond donors (Lipinski definition) is 1. The Morgan fingerprint density at radius 2 is 1.59 bits per heavy atom. The summed E-state index contributed by atoms with van der Waals surface area (Å²) in [5.74, 6) is -9.52. The van der Waals surface area contributed by atoms with Crippen LogP contribution in [-0.4, -0.2) is 30.8 Å². The van der Waals surface area contributed by atoms with E-state index in [2.05, 4.69) is 10.0 Å². The van der Waals surface area contributed by atoms with Gasteiger partial charge >= 0.3 is 0 Å². The molecular weight excluding hydrogens is 393 g/mol. The summed E-state index contributed by atoms with van der Waals surface area (Å²) in [6.45, 7) is 4.21. The third-order valence-electron chi connectivity index (χ3n) is 4.84. The van der Waals surface area contributed by atoms with Gasteiger partial charge in [-0.15, -0.1) is 0 Å². The van der Waals surface area contributed by atoms with Gasteiger partial charge in [-0.25, -0.2) is 22.0 Å². The van der Waals surface area contributed by atoms with Crippen molar-refractivity contribution in [2.24, 2.45) is 5.10 Å². The molecule has 156 valence electrons. The molecular formula is C20H20F5N3O. The van der Waals surface area contributed by atoms with Gasteiger partial charge in [-0.3, -0.25) is 10.3 Å². The zero-order chi connectivity index (χ0) is 21.1. The Hall–Kier alpha value is -2.68. The van der Waals surface area contributed by atoms with Crippen LogP contribution in [0.4, 0.5) is 27.6 Å². The summed E-state index contributed by atoms with van der Waals surface area (Å²) in [5, 5.41) is 3.80. The molecule has 0 saturated carbocycles. The maximum atomic E-state index is 13.8. The molecule has 0 aromatic heterocycles. The summed E-state index contributed by atoms with van der Waals surface area (Å²) in [7, 11) is 1.56. The lowest BCUT2D eigenvalue weighted by Crippen LogP contribution is -2.19. The third kappa shape index (κ3) is 4.34. The zero-order valence-electron chi connectivity index (χ0n) is 16.0. The molecule has 1 fully saturated rings. The fraction of sp³-hybridized carbons (Fsp3) is 0.350. The molecule has 3 rings (SSSR count). The maximum Gasteiger partial charge on any atom is 0.200 e. The second-order valence-electron chi connectivity index (χ2n) is 6.76. The Bertz CT molecular complexity index is 913. The van der Waals surface area contributed by atoms with E-state index in [-0.39, 0.29) is 0 Å². The first-order valence-electron chi connectivity index (χ1n) is 9.04. The SMILES string of the molecule is COc1ccc(/C(C)=N\Nc2c(F)c(F)c(F)c(F)c2F)cc1CN1CCCC1. The van der Waals surface area contributed by atoms with Gasteiger partial charge in [0.1, 0.15) is 11.4 Å². The Morgan fingerprint density at radius 1 is 1.00 bits per heavy atom. The number of methoxy groups -OCH3 is 1. The third-order valence-corrected chi connectivity index (χ3v) is 4.84. The molecule has 1 heterocycles. The number of nitrogens with zero attached hydrogens (tertiary/aromatic N) is 2. The number of anilines is 1. The lowest BCUT2D eigenvalue weighted by molar-refractivity contribution is 0.321. The minimum atomic E-state index is -2.21. The van der Waals surface area contributed by atoms with Crippen LogP contribution in [-0.2, 0) is 6.54 Å². The van der Waals surface area contributed by atoms with E-state index in [1.54, 1.807) is 26.2 Å². The lowest BCUT2D eigenvalue weighted by Gasteiger charge is -2.18. The van der Waals surface area contributed by atoms with Crippen molar-refractivity contribution in [2.45, 2.75) is 26.3 Å². The highest BCUT2D eigenvalue weighted by Crippen LogP contribution is 2.28. The molecule has 0 radical (unpaired) electrons. The first kappa shape index (κ1) is 21.0. The summed E-state index contributed by atoms with van der Waals surface area (Å²) >= 11 is 0. The van der Waals surface area contributed by atoms with Gasteiger partial charge in [0.25, 0.3) is 0 Å². The highest BCUT2D eigenvalue weighted by Gasteiger charge is 2.25. The van der Waals surface area contributed by atoms with Crippen molar-refractivity contribution in [1.29, 1.82) is 0 Å². The second-order valence-corrected chi connectivity index (χ2v) is 6.76. The molecule has 0 spiro atoms. The Kier molecular flexibility index (Phi) is 6.36. The van der Waals surface area contributed by atoms with Gasteiger partial charge < -0.3 is 4.74 Å². The molecule has 2 aromatic carbocycles. The first-order valence-corrected chi connectivity index (χ1v) is 9.04. The summed E-state index contributed by atoms with van der Waals surface area (Å²) in [6.07, 6.45) is 2.27. The summed E-state index contributed by atoms with van der Waals surface area (Å²) < 4.78 is 72.7. The molecule has 9 heteroatoms. The molecule has 0 aliphatic carbocycles. The average Bonchev–Trinajstić information content (AvgIpc) is 3.23. The van der Waals surface area contributed by atoms with Crippen molar-refractivity contribution in [3.8, 4) is 5.75 Å². The smallest absolute Gasteiger partial charge is 0.200 e. The molecule has 0 unspecified atom stereocenters. The molecule has 1 aliphatic rings. The predicted molar refractivity (Wildman–Crippen MR) is 99.6 cm³/mol. The second kappa shape index (κ2) is 8.77. The molecule has 2 aromatic rings. The Morgan fingerprint density at radius 3 is 2.17 bits per heavy atom. The molecule has 4 nitrogen and oxygen atoms in total. The van der Waals surface area contributed by atoms with E-state index in [0.29, 0.717) is 23.6 Å². The van der Waals surface area contributed by atoms with Crippen LogP contribution < -0.4 is 10.2 Å². The average molecular weight is 413 g/mol. The van der Waals surface area contributed by atoms with E-state index in [9.17, 15) is 22.0 Å². The van der Waals surface area contributed by atoms with Crippen LogP contribution in [0.2, 0.25) is 0 Å². The summed E-state index contributed by atoms with van der Waals surface area (Å²) in [4.78, 5) is 2.28. The highest BCUT2D eigenvalue weighted by molar-refractivity contribution is 5.99. The summed E-state index contributed by atoms with van der Waals surface area (Å²) in [5.41, 5.74) is 2.60. The lowest BCUT2D eigenvalue weighted by atomic mass is 10.1. The van der Waals surface area contributed by atoms with Crippen LogP contribution in [0, 0.1) is 29.1 Å². The first-order chi connectivity index (χ1) is 13.8. The molecule has 1 N–H and O–H groups in total. The quantitative estimate of drug-likeness (QED) is 0.243. The largest absolute Gasteiger partial charge is 0.496 e. The van der Waals surface area contributed by atoms with E-state index in [1.807, 2.05) is 11.5 Å². The van der Waals surface area contributed by atoms with Crippen LogP contribution >= 0.6 is 0 Å². The Balaban J connectivity index is 1.87. The number of rotatable bonds is 6. The van der Waals surface area contributed by atoms with Crippen LogP contribution in [0.25, 0.3) is 0 Å². The van der Waals surface area contributed by atoms with Crippen LogP contribution in [0.15, 0.2) is 23.3 Å². The fourth-order valence-corrected chi connectivity index (χ4v) is 3.22. The van der Waals surface area contributed by atoms with E-state index in [1.165, 1.54) is 0 Å². The zero-order valence-corrected chi connectivity index (χ0v) is 16.0. The van der Waals surface area contributed by atoms with Gasteiger partial charge in [-0.05, 0) is 56.6 Å². The summed E-state index contributed by atoms with van der Waals surface area (Å²) in [6, 6.07) is 5.28. The van der Waals surface area contributed by atoms with Crippen molar-refractivity contribution in [1.82, 2.24) is 4.90 Å². The number of hydrazone groups is 1. The van der Waals surface area contributed by atoms with E-state index in [4.69, 9.17) is 4.74 Å². The maximum absolute atomic E-state index is 13.8. The van der Waals surface area contributed by atoms with Crippen molar-refractivity contribution >= 4 is 11.4 Å². The Labute approximate surface area is 165 Å². The molecule has 0 atom stereocenters. The molecule has 0 amide bonds. The van der Waals surface area contributed by atoms with Crippen molar-refractivity contribution in [3.63, 3.8) is 0 Å². The van der Waals surface area contributed by atoms with E-state index < -0.39 is 34.8 Å². The molecule has 29 heavy (non-hydrogen) atoms. The highest BCUT2D eigenvalue weighted by atomic mass is 19.2. The number of hydrogen-bond acceptors (Lipinski definition) is 4. The minimum absolute atomic E-state index is 0.305. The molecule has 1 aliphatic heterocycles. The standard InChI is InChI=1S/C20H20F5N3O/c1-11(26-27-20-18(24)16(22)15(21)17(23)19(20)25)12-5-6-14(29-2)13(9-12)10-28-7-3-4-8-28/h5-6,9,27H,3-4,7-8,10H2,1-2H3/b26-11-. The molecule has 0 bridgehead atoms. The van der Waals surface area contributed by atoms with E-state index >= 15 is 0 Å². The van der Waals surface area contributed by atoms with E-state index in [0.717, 1.165) is 31.5 Å². The normalized spacial score (nSPS) is 15.1. The molecule has 1 saturated heterocycles. The number of halogens is 5. The fourth-order valence-electron chi connectivity index (χ4n) is 3.22. The van der Waals surface area contributed by atoms with Gasteiger partial charge in [0.2, 0.25) is 5.82 Å². The number of likely N-dealkylation sites (tertiary alicyclic amines) is 1. The number of benzene rings is 2. The van der Waals surface area contributed by atoms with Crippen LogP contribution in [0.1, 0.15) is 30.9 Å². The van der Waals surface area contributed by atoms with Crippen molar-refractivity contribution in [2.75, 3.05) is 25.6 Å². The minimum Gasteiger partial charge on any atom is -0.496 e. The van der Waals surface area contributed by atoms with Gasteiger partial charge in [0, 0.05) is 12.1 Å². The van der Waals surface area contributed by atoms with Gasteiger partial charge in [0.05, 0.1) is 12.8 Å².